The van der Waals surface area contributed by atoms with Gasteiger partial charge in [0.2, 0.25) is 10.0 Å². The second kappa shape index (κ2) is 7.56. The van der Waals surface area contributed by atoms with Crippen molar-refractivity contribution in [1.29, 1.82) is 0 Å². The Morgan fingerprint density at radius 2 is 1.54 bits per heavy atom. The van der Waals surface area contributed by atoms with Gasteiger partial charge >= 0.3 is 5.97 Å². The summed E-state index contributed by atoms with van der Waals surface area (Å²) in [5.41, 5.74) is 0.926. The van der Waals surface area contributed by atoms with E-state index in [0.29, 0.717) is 36.0 Å². The number of hydrogen-bond acceptors (Lipinski definition) is 3. The average Bonchev–Trinajstić information content (AvgIpc) is 2.62. The van der Waals surface area contributed by atoms with Crippen molar-refractivity contribution in [1.82, 2.24) is 4.31 Å². The highest BCUT2D eigenvalue weighted by Crippen LogP contribution is 2.38. The van der Waals surface area contributed by atoms with Crippen molar-refractivity contribution < 1.29 is 18.3 Å². The van der Waals surface area contributed by atoms with Crippen LogP contribution in [0.2, 0.25) is 10.0 Å². The first-order valence-electron chi connectivity index (χ1n) is 8.08. The van der Waals surface area contributed by atoms with E-state index in [1.807, 2.05) is 0 Å². The number of halogens is 2. The minimum atomic E-state index is -3.66. The quantitative estimate of drug-likeness (QED) is 0.812. The molecule has 0 atom stereocenters. The van der Waals surface area contributed by atoms with Crippen molar-refractivity contribution in [2.45, 2.75) is 23.7 Å². The van der Waals surface area contributed by atoms with Crippen molar-refractivity contribution in [3.8, 4) is 0 Å². The minimum absolute atomic E-state index is 0.0519. The number of carbonyl (C=O) groups is 1. The van der Waals surface area contributed by atoms with E-state index in [1.54, 1.807) is 18.2 Å². The van der Waals surface area contributed by atoms with Gasteiger partial charge in [0.25, 0.3) is 0 Å². The van der Waals surface area contributed by atoms with Crippen LogP contribution in [0.25, 0.3) is 0 Å². The maximum atomic E-state index is 12.8. The topological polar surface area (TPSA) is 74.7 Å². The fourth-order valence-electron chi connectivity index (χ4n) is 3.20. The molecular weight excluding hydrogens is 397 g/mol. The number of nitrogens with zero attached hydrogens (tertiary/aromatic N) is 1. The van der Waals surface area contributed by atoms with Crippen LogP contribution >= 0.6 is 23.2 Å². The van der Waals surface area contributed by atoms with E-state index in [2.05, 4.69) is 0 Å². The standard InChI is InChI=1S/C18H17Cl2NO4S/c19-15-2-1-3-16(20)17(15)12-8-10-21(11-9-12)26(24,25)14-6-4-13(5-7-14)18(22)23/h1-7,12H,8-11H2,(H,22,23). The van der Waals surface area contributed by atoms with Gasteiger partial charge in [-0.25, -0.2) is 13.2 Å². The van der Waals surface area contributed by atoms with Crippen molar-refractivity contribution in [2.24, 2.45) is 0 Å². The van der Waals surface area contributed by atoms with Crippen LogP contribution in [0.3, 0.4) is 0 Å². The molecular formula is C18H17Cl2NO4S. The molecule has 1 aliphatic heterocycles. The summed E-state index contributed by atoms with van der Waals surface area (Å²) in [6.45, 7) is 0.713. The summed E-state index contributed by atoms with van der Waals surface area (Å²) in [6.07, 6.45) is 1.24. The lowest BCUT2D eigenvalue weighted by atomic mass is 9.90. The van der Waals surface area contributed by atoms with Gasteiger partial charge in [-0.2, -0.15) is 4.31 Å². The highest BCUT2D eigenvalue weighted by molar-refractivity contribution is 7.89. The first-order valence-corrected chi connectivity index (χ1v) is 10.3. The summed E-state index contributed by atoms with van der Waals surface area (Å²) in [5.74, 6) is -0.983. The van der Waals surface area contributed by atoms with Gasteiger partial charge in [-0.3, -0.25) is 0 Å². The third-order valence-electron chi connectivity index (χ3n) is 4.60. The number of hydrogen-bond donors (Lipinski definition) is 1. The van der Waals surface area contributed by atoms with Crippen LogP contribution in [0.15, 0.2) is 47.4 Å². The molecule has 1 saturated heterocycles. The van der Waals surface area contributed by atoms with E-state index in [4.69, 9.17) is 28.3 Å². The molecule has 0 aliphatic carbocycles. The van der Waals surface area contributed by atoms with Gasteiger partial charge in [-0.1, -0.05) is 29.3 Å². The number of piperidine rings is 1. The number of carboxylic acid groups (broad SMARTS) is 1. The Balaban J connectivity index is 1.75. The van der Waals surface area contributed by atoms with Crippen LogP contribution in [0.1, 0.15) is 34.7 Å². The second-order valence-electron chi connectivity index (χ2n) is 6.14. The largest absolute Gasteiger partial charge is 0.478 e. The molecule has 0 bridgehead atoms. The van der Waals surface area contributed by atoms with Crippen LogP contribution in [0.4, 0.5) is 0 Å². The third kappa shape index (κ3) is 3.74. The van der Waals surface area contributed by atoms with Crippen LogP contribution in [-0.4, -0.2) is 36.9 Å². The summed E-state index contributed by atoms with van der Waals surface area (Å²) >= 11 is 12.5. The molecule has 0 unspecified atom stereocenters. The molecule has 8 heteroatoms. The fourth-order valence-corrected chi connectivity index (χ4v) is 5.38. The van der Waals surface area contributed by atoms with E-state index in [-0.39, 0.29) is 16.4 Å². The lowest BCUT2D eigenvalue weighted by Crippen LogP contribution is -2.38. The molecule has 1 fully saturated rings. The smallest absolute Gasteiger partial charge is 0.335 e. The molecule has 5 nitrogen and oxygen atoms in total. The molecule has 0 spiro atoms. The maximum absolute atomic E-state index is 12.8. The molecule has 2 aromatic carbocycles. The highest BCUT2D eigenvalue weighted by Gasteiger charge is 2.31. The number of carboxylic acids is 1. The Kier molecular flexibility index (Phi) is 5.58. The van der Waals surface area contributed by atoms with Gasteiger partial charge in [-0.05, 0) is 60.7 Å². The molecule has 3 rings (SSSR count). The van der Waals surface area contributed by atoms with Crippen LogP contribution in [-0.2, 0) is 10.0 Å². The van der Waals surface area contributed by atoms with Crippen LogP contribution in [0.5, 0.6) is 0 Å². The molecule has 0 aromatic heterocycles. The summed E-state index contributed by atoms with van der Waals surface area (Å²) in [5, 5.41) is 10.1. The molecule has 2 aromatic rings. The molecule has 26 heavy (non-hydrogen) atoms. The predicted molar refractivity (Wildman–Crippen MR) is 101 cm³/mol. The SMILES string of the molecule is O=C(O)c1ccc(S(=O)(=O)N2CCC(c3c(Cl)cccc3Cl)CC2)cc1. The molecule has 138 valence electrons. The van der Waals surface area contributed by atoms with Crippen LogP contribution < -0.4 is 0 Å². The third-order valence-corrected chi connectivity index (χ3v) is 7.17. The Morgan fingerprint density at radius 1 is 1.00 bits per heavy atom. The number of rotatable bonds is 4. The number of aromatic carboxylic acids is 1. The first-order chi connectivity index (χ1) is 12.3. The molecule has 0 radical (unpaired) electrons. The predicted octanol–water partition coefficient (Wildman–Crippen LogP) is 4.26. The van der Waals surface area contributed by atoms with Crippen molar-refractivity contribution in [3.05, 3.63) is 63.6 Å². The van der Waals surface area contributed by atoms with Crippen molar-refractivity contribution in [3.63, 3.8) is 0 Å². The van der Waals surface area contributed by atoms with Crippen LogP contribution in [0, 0.1) is 0 Å². The highest BCUT2D eigenvalue weighted by atomic mass is 35.5. The number of sulfonamides is 1. The van der Waals surface area contributed by atoms with E-state index in [0.717, 1.165) is 5.56 Å². The molecule has 1 aliphatic rings. The van der Waals surface area contributed by atoms with Gasteiger partial charge < -0.3 is 5.11 Å². The van der Waals surface area contributed by atoms with Gasteiger partial charge in [-0.15, -0.1) is 0 Å². The first kappa shape index (κ1) is 19.2. The molecule has 0 saturated carbocycles. The zero-order chi connectivity index (χ0) is 18.9. The van der Waals surface area contributed by atoms with E-state index < -0.39 is 16.0 Å². The molecule has 1 N–H and O–H groups in total. The lowest BCUT2D eigenvalue weighted by molar-refractivity contribution is 0.0696. The minimum Gasteiger partial charge on any atom is -0.478 e. The Hall–Kier alpha value is -1.60. The normalized spacial score (nSPS) is 16.5. The van der Waals surface area contributed by atoms with Gasteiger partial charge in [0.05, 0.1) is 10.5 Å². The second-order valence-corrected chi connectivity index (χ2v) is 8.90. The molecule has 1 heterocycles. The van der Waals surface area contributed by atoms with Gasteiger partial charge in [0, 0.05) is 23.1 Å². The van der Waals surface area contributed by atoms with E-state index in [9.17, 15) is 13.2 Å². The van der Waals surface area contributed by atoms with Crippen molar-refractivity contribution in [2.75, 3.05) is 13.1 Å². The zero-order valence-electron chi connectivity index (χ0n) is 13.7. The number of benzene rings is 2. The summed E-state index contributed by atoms with van der Waals surface area (Å²) in [6, 6.07) is 10.6. The summed E-state index contributed by atoms with van der Waals surface area (Å²) < 4.78 is 27.0. The Bertz CT molecular complexity index is 900. The fraction of sp³-hybridized carbons (Fsp3) is 0.278. The maximum Gasteiger partial charge on any atom is 0.335 e. The Morgan fingerprint density at radius 3 is 2.04 bits per heavy atom. The van der Waals surface area contributed by atoms with E-state index in [1.165, 1.54) is 28.6 Å². The Labute approximate surface area is 162 Å². The summed E-state index contributed by atoms with van der Waals surface area (Å²) in [7, 11) is -3.66. The van der Waals surface area contributed by atoms with Crippen molar-refractivity contribution >= 4 is 39.2 Å². The zero-order valence-corrected chi connectivity index (χ0v) is 16.1. The monoisotopic (exact) mass is 413 g/mol. The van der Waals surface area contributed by atoms with E-state index >= 15 is 0 Å². The van der Waals surface area contributed by atoms with Gasteiger partial charge in [0.15, 0.2) is 0 Å². The molecule has 0 amide bonds. The van der Waals surface area contributed by atoms with Gasteiger partial charge in [0.1, 0.15) is 0 Å². The summed E-state index contributed by atoms with van der Waals surface area (Å²) in [4.78, 5) is 11.0. The lowest BCUT2D eigenvalue weighted by Gasteiger charge is -2.32. The average molecular weight is 414 g/mol.